The van der Waals surface area contributed by atoms with Crippen LogP contribution in [0.1, 0.15) is 24.9 Å². The van der Waals surface area contributed by atoms with Crippen LogP contribution in [0, 0.1) is 0 Å². The smallest absolute Gasteiger partial charge is 0.307 e. The van der Waals surface area contributed by atoms with Crippen LogP contribution >= 0.6 is 0 Å². The number of fused-ring (bicyclic) bond motifs is 1. The van der Waals surface area contributed by atoms with Crippen molar-refractivity contribution in [2.75, 3.05) is 20.8 Å². The summed E-state index contributed by atoms with van der Waals surface area (Å²) in [4.78, 5) is 11.8. The Morgan fingerprint density at radius 3 is 2.67 bits per heavy atom. The van der Waals surface area contributed by atoms with Crippen LogP contribution in [0.15, 0.2) is 36.4 Å². The van der Waals surface area contributed by atoms with Gasteiger partial charge >= 0.3 is 5.97 Å². The van der Waals surface area contributed by atoms with E-state index in [1.807, 2.05) is 44.3 Å². The van der Waals surface area contributed by atoms with Crippen molar-refractivity contribution in [2.24, 2.45) is 0 Å². The predicted octanol–water partition coefficient (Wildman–Crippen LogP) is 3.06. The highest BCUT2D eigenvalue weighted by molar-refractivity contribution is 5.89. The summed E-state index contributed by atoms with van der Waals surface area (Å²) in [5.41, 5.74) is 0.992. The van der Waals surface area contributed by atoms with Gasteiger partial charge in [-0.25, -0.2) is 0 Å². The quantitative estimate of drug-likeness (QED) is 0.830. The topological polar surface area (TPSA) is 47.6 Å². The molecule has 0 spiro atoms. The number of ether oxygens (including phenoxy) is 2. The second kappa shape index (κ2) is 7.09. The van der Waals surface area contributed by atoms with Gasteiger partial charge in [-0.3, -0.25) is 4.79 Å². The molecule has 1 unspecified atom stereocenters. The first-order valence-corrected chi connectivity index (χ1v) is 7.09. The molecular weight excluding hydrogens is 266 g/mol. The number of hydrogen-bond acceptors (Lipinski definition) is 4. The van der Waals surface area contributed by atoms with Crippen LogP contribution in [-0.2, 0) is 9.53 Å². The maximum Gasteiger partial charge on any atom is 0.307 e. The summed E-state index contributed by atoms with van der Waals surface area (Å²) in [6.45, 7) is 2.20. The van der Waals surface area contributed by atoms with Crippen LogP contribution in [0.25, 0.3) is 10.8 Å². The first-order chi connectivity index (χ1) is 10.2. The van der Waals surface area contributed by atoms with Gasteiger partial charge in [-0.15, -0.1) is 0 Å². The summed E-state index contributed by atoms with van der Waals surface area (Å²) in [5, 5.41) is 5.40. The summed E-state index contributed by atoms with van der Waals surface area (Å²) < 4.78 is 10.5. The zero-order chi connectivity index (χ0) is 15.2. The molecule has 0 fully saturated rings. The van der Waals surface area contributed by atoms with Crippen LogP contribution in [0.3, 0.4) is 0 Å². The van der Waals surface area contributed by atoms with Gasteiger partial charge in [0.25, 0.3) is 0 Å². The molecule has 0 amide bonds. The molecule has 2 aromatic carbocycles. The van der Waals surface area contributed by atoms with Crippen molar-refractivity contribution in [3.05, 3.63) is 42.0 Å². The summed E-state index contributed by atoms with van der Waals surface area (Å²) in [5.74, 6) is 0.559. The number of carbonyl (C=O) groups excluding carboxylic acids is 1. The number of esters is 1. The molecule has 2 rings (SSSR count). The van der Waals surface area contributed by atoms with Gasteiger partial charge in [0.15, 0.2) is 0 Å². The van der Waals surface area contributed by atoms with Crippen molar-refractivity contribution in [1.29, 1.82) is 0 Å². The second-order valence-electron chi connectivity index (χ2n) is 4.75. The zero-order valence-electron chi connectivity index (χ0n) is 12.7. The van der Waals surface area contributed by atoms with E-state index in [0.29, 0.717) is 6.61 Å². The highest BCUT2D eigenvalue weighted by Gasteiger charge is 2.21. The standard InChI is InChI=1S/C17H21NO3/c1-4-21-16(19)11-14(18-2)17-13-8-6-5-7-12(13)9-10-15(17)20-3/h5-10,14,18H,4,11H2,1-3H3. The van der Waals surface area contributed by atoms with E-state index < -0.39 is 0 Å². The molecule has 0 radical (unpaired) electrons. The van der Waals surface area contributed by atoms with Crippen LogP contribution in [0.4, 0.5) is 0 Å². The fraction of sp³-hybridized carbons (Fsp3) is 0.353. The largest absolute Gasteiger partial charge is 0.496 e. The minimum Gasteiger partial charge on any atom is -0.496 e. The van der Waals surface area contributed by atoms with Gasteiger partial charge in [0.1, 0.15) is 5.75 Å². The zero-order valence-corrected chi connectivity index (χ0v) is 12.7. The number of methoxy groups -OCH3 is 1. The van der Waals surface area contributed by atoms with Gasteiger partial charge < -0.3 is 14.8 Å². The van der Waals surface area contributed by atoms with Gasteiger partial charge in [0.05, 0.1) is 20.1 Å². The first kappa shape index (κ1) is 15.3. The number of benzene rings is 2. The van der Waals surface area contributed by atoms with E-state index in [9.17, 15) is 4.79 Å². The van der Waals surface area contributed by atoms with E-state index in [1.165, 1.54) is 0 Å². The van der Waals surface area contributed by atoms with Gasteiger partial charge in [-0.2, -0.15) is 0 Å². The van der Waals surface area contributed by atoms with Gasteiger partial charge in [0, 0.05) is 11.6 Å². The lowest BCUT2D eigenvalue weighted by Crippen LogP contribution is -2.22. The van der Waals surface area contributed by atoms with E-state index in [2.05, 4.69) is 11.4 Å². The molecule has 1 N–H and O–H groups in total. The summed E-state index contributed by atoms with van der Waals surface area (Å²) >= 11 is 0. The Morgan fingerprint density at radius 1 is 1.24 bits per heavy atom. The Labute approximate surface area is 125 Å². The third-order valence-corrected chi connectivity index (χ3v) is 3.52. The molecular formula is C17H21NO3. The summed E-state index contributed by atoms with van der Waals surface area (Å²) in [7, 11) is 3.48. The number of nitrogens with one attached hydrogen (secondary N) is 1. The van der Waals surface area contributed by atoms with Crippen LogP contribution < -0.4 is 10.1 Å². The lowest BCUT2D eigenvalue weighted by Gasteiger charge is -2.21. The molecule has 0 aromatic heterocycles. The Hall–Kier alpha value is -2.07. The first-order valence-electron chi connectivity index (χ1n) is 7.09. The molecule has 1 atom stereocenters. The van der Waals surface area contributed by atoms with Crippen LogP contribution in [0.2, 0.25) is 0 Å². The molecule has 0 bridgehead atoms. The lowest BCUT2D eigenvalue weighted by molar-refractivity contribution is -0.143. The van der Waals surface area contributed by atoms with Crippen LogP contribution in [0.5, 0.6) is 5.75 Å². The SMILES string of the molecule is CCOC(=O)CC(NC)c1c(OC)ccc2ccccc12. The fourth-order valence-corrected chi connectivity index (χ4v) is 2.55. The molecule has 0 heterocycles. The summed E-state index contributed by atoms with van der Waals surface area (Å²) in [6.07, 6.45) is 0.273. The highest BCUT2D eigenvalue weighted by atomic mass is 16.5. The van der Waals surface area contributed by atoms with Crippen LogP contribution in [-0.4, -0.2) is 26.7 Å². The highest BCUT2D eigenvalue weighted by Crippen LogP contribution is 2.34. The number of hydrogen-bond donors (Lipinski definition) is 1. The molecule has 0 saturated heterocycles. The molecule has 21 heavy (non-hydrogen) atoms. The minimum atomic E-state index is -0.216. The van der Waals surface area contributed by atoms with Crippen molar-refractivity contribution in [3.63, 3.8) is 0 Å². The summed E-state index contributed by atoms with van der Waals surface area (Å²) in [6, 6.07) is 11.9. The number of rotatable bonds is 6. The molecule has 0 aliphatic carbocycles. The molecule has 4 nitrogen and oxygen atoms in total. The third-order valence-electron chi connectivity index (χ3n) is 3.52. The minimum absolute atomic E-state index is 0.148. The fourth-order valence-electron chi connectivity index (χ4n) is 2.55. The van der Waals surface area contributed by atoms with Crippen molar-refractivity contribution in [3.8, 4) is 5.75 Å². The Morgan fingerprint density at radius 2 is 2.00 bits per heavy atom. The van der Waals surface area contributed by atoms with E-state index in [1.54, 1.807) is 7.11 Å². The van der Waals surface area contributed by atoms with E-state index in [4.69, 9.17) is 9.47 Å². The van der Waals surface area contributed by atoms with E-state index in [0.717, 1.165) is 22.1 Å². The van der Waals surface area contributed by atoms with Gasteiger partial charge in [-0.05, 0) is 30.8 Å². The van der Waals surface area contributed by atoms with Crippen molar-refractivity contribution < 1.29 is 14.3 Å². The maximum atomic E-state index is 11.8. The maximum absolute atomic E-state index is 11.8. The van der Waals surface area contributed by atoms with Crippen molar-refractivity contribution in [2.45, 2.75) is 19.4 Å². The average molecular weight is 287 g/mol. The normalized spacial score (nSPS) is 12.1. The third kappa shape index (κ3) is 3.34. The molecule has 112 valence electrons. The average Bonchev–Trinajstić information content (AvgIpc) is 2.52. The Balaban J connectivity index is 2.47. The van der Waals surface area contributed by atoms with E-state index >= 15 is 0 Å². The number of carbonyl (C=O) groups is 1. The van der Waals surface area contributed by atoms with Crippen molar-refractivity contribution in [1.82, 2.24) is 5.32 Å². The Bertz CT molecular complexity index is 624. The second-order valence-corrected chi connectivity index (χ2v) is 4.75. The molecule has 0 saturated carbocycles. The Kier molecular flexibility index (Phi) is 5.17. The monoisotopic (exact) mass is 287 g/mol. The molecule has 2 aromatic rings. The lowest BCUT2D eigenvalue weighted by atomic mass is 9.95. The molecule has 0 aliphatic rings. The molecule has 4 heteroatoms. The predicted molar refractivity (Wildman–Crippen MR) is 83.6 cm³/mol. The van der Waals surface area contributed by atoms with Gasteiger partial charge in [-0.1, -0.05) is 30.3 Å². The molecule has 0 aliphatic heterocycles. The van der Waals surface area contributed by atoms with Crippen molar-refractivity contribution >= 4 is 16.7 Å². The van der Waals surface area contributed by atoms with E-state index in [-0.39, 0.29) is 18.4 Å². The van der Waals surface area contributed by atoms with Gasteiger partial charge in [0.2, 0.25) is 0 Å².